The van der Waals surface area contributed by atoms with E-state index >= 15 is 0 Å². The molecule has 0 radical (unpaired) electrons. The van der Waals surface area contributed by atoms with Gasteiger partial charge in [-0.2, -0.15) is 6.42 Å². The van der Waals surface area contributed by atoms with Crippen LogP contribution in [0.1, 0.15) is 70.6 Å². The molecule has 1 atom stereocenters. The molecule has 1 heterocycles. The van der Waals surface area contributed by atoms with Gasteiger partial charge in [0.2, 0.25) is 0 Å². The topological polar surface area (TPSA) is 26.3 Å². The van der Waals surface area contributed by atoms with E-state index in [1.165, 1.54) is 38.5 Å². The van der Waals surface area contributed by atoms with Crippen LogP contribution >= 0.6 is 19.4 Å². The maximum atomic E-state index is 11.4. The predicted molar refractivity (Wildman–Crippen MR) is 93.0 cm³/mol. The Morgan fingerprint density at radius 3 is 2.32 bits per heavy atom. The molecule has 0 aromatic rings. The van der Waals surface area contributed by atoms with Gasteiger partial charge < -0.3 is 31.4 Å². The van der Waals surface area contributed by atoms with Gasteiger partial charge in [-0.15, -0.1) is 6.42 Å². The van der Waals surface area contributed by atoms with Gasteiger partial charge in [-0.1, -0.05) is 38.5 Å². The number of cyclic esters (lactones) is 1. The Hall–Kier alpha value is 0.673. The fourth-order valence-electron chi connectivity index (χ4n) is 2.36. The molecule has 0 N–H and O–H groups in total. The molecule has 0 spiro atoms. The molecule has 1 aliphatic heterocycles. The van der Waals surface area contributed by atoms with Crippen LogP contribution in [-0.2, 0) is 24.7 Å². The van der Waals surface area contributed by atoms with Crippen molar-refractivity contribution in [3.05, 3.63) is 20.8 Å². The van der Waals surface area contributed by atoms with Crippen LogP contribution in [0.4, 0.5) is 0 Å². The van der Waals surface area contributed by atoms with Gasteiger partial charge in [0.1, 0.15) is 0 Å². The van der Waals surface area contributed by atoms with Gasteiger partial charge in [-0.05, 0) is 12.8 Å². The molecule has 22 heavy (non-hydrogen) atoms. The Bertz CT molecular complexity index is 241. The molecular formula is C17H31Cl2O2Ru-3. The van der Waals surface area contributed by atoms with Crippen LogP contribution in [0.5, 0.6) is 0 Å². The Morgan fingerprint density at radius 1 is 1.05 bits per heavy atom. The molecule has 136 valence electrons. The Balaban J connectivity index is 0. The third kappa shape index (κ3) is 18.7. The molecule has 1 rings (SSSR count). The van der Waals surface area contributed by atoms with Crippen LogP contribution in [0, 0.1) is 26.7 Å². The van der Waals surface area contributed by atoms with Gasteiger partial charge in [-0.25, -0.2) is 0 Å². The summed E-state index contributed by atoms with van der Waals surface area (Å²) in [4.78, 5) is 11.4. The summed E-state index contributed by atoms with van der Waals surface area (Å²) in [5.41, 5.74) is 0. The van der Waals surface area contributed by atoms with Crippen LogP contribution in [0.3, 0.4) is 0 Å². The van der Waals surface area contributed by atoms with Crippen molar-refractivity contribution in [1.82, 2.24) is 0 Å². The van der Waals surface area contributed by atoms with E-state index in [0.717, 1.165) is 25.7 Å². The third-order valence-corrected chi connectivity index (χ3v) is 3.57. The van der Waals surface area contributed by atoms with Crippen molar-refractivity contribution >= 4 is 25.4 Å². The summed E-state index contributed by atoms with van der Waals surface area (Å²) in [7, 11) is 9.71. The van der Waals surface area contributed by atoms with E-state index < -0.39 is 0 Å². The zero-order valence-corrected chi connectivity index (χ0v) is 17.0. The van der Waals surface area contributed by atoms with E-state index in [-0.39, 0.29) is 28.5 Å². The van der Waals surface area contributed by atoms with E-state index in [0.29, 0.717) is 18.9 Å². The number of rotatable bonds is 0. The number of hydrogen-bond acceptors (Lipinski definition) is 2. The third-order valence-electron chi connectivity index (χ3n) is 3.57. The second-order valence-electron chi connectivity index (χ2n) is 5.42. The monoisotopic (exact) mass is 439 g/mol. The minimum atomic E-state index is -0.346. The van der Waals surface area contributed by atoms with Crippen molar-refractivity contribution in [1.29, 1.82) is 0 Å². The molecule has 1 aliphatic rings. The van der Waals surface area contributed by atoms with Crippen molar-refractivity contribution in [3.63, 3.8) is 0 Å². The molecule has 0 amide bonds. The maximum absolute atomic E-state index is 11.4. The van der Waals surface area contributed by atoms with Gasteiger partial charge in [0.05, 0.1) is 6.61 Å². The van der Waals surface area contributed by atoms with Crippen LogP contribution < -0.4 is 0 Å². The molecule has 1 fully saturated rings. The van der Waals surface area contributed by atoms with Crippen molar-refractivity contribution in [3.8, 4) is 0 Å². The van der Waals surface area contributed by atoms with Crippen molar-refractivity contribution in [2.75, 3.05) is 6.61 Å². The average Bonchev–Trinajstić information content (AvgIpc) is 2.45. The van der Waals surface area contributed by atoms with Crippen LogP contribution in [0.15, 0.2) is 0 Å². The molecule has 2 nitrogen and oxygen atoms in total. The normalized spacial score (nSPS) is 22.7. The first-order valence-electron chi connectivity index (χ1n) is 7.88. The fourth-order valence-corrected chi connectivity index (χ4v) is 2.36. The van der Waals surface area contributed by atoms with Gasteiger partial charge >= 0.3 is 40.5 Å². The Morgan fingerprint density at radius 2 is 1.64 bits per heavy atom. The number of carbonyl (C=O) groups is 1. The van der Waals surface area contributed by atoms with Crippen molar-refractivity contribution in [2.45, 2.75) is 70.6 Å². The SMILES string of the molecule is [CH2-][C@@H]1[CH-]CCCCC(=O)OCCCCCCCC1.[CH3-].[Cl][Ru][Cl]. The Labute approximate surface area is 153 Å². The van der Waals surface area contributed by atoms with Crippen LogP contribution in [0.25, 0.3) is 0 Å². The Kier molecular flexibility index (Phi) is 22.3. The second kappa shape index (κ2) is 19.7. The molecule has 1 saturated heterocycles. The van der Waals surface area contributed by atoms with Crippen molar-refractivity contribution < 1.29 is 24.7 Å². The molecule has 0 aliphatic carbocycles. The summed E-state index contributed by atoms with van der Waals surface area (Å²) in [6, 6.07) is 0. The second-order valence-corrected chi connectivity index (χ2v) is 8.06. The molecule has 0 aromatic heterocycles. The molecule has 5 heteroatoms. The summed E-state index contributed by atoms with van der Waals surface area (Å²) in [6.07, 6.45) is 14.6. The van der Waals surface area contributed by atoms with Gasteiger partial charge in [0.15, 0.2) is 0 Å². The van der Waals surface area contributed by atoms with Gasteiger partial charge in [0.25, 0.3) is 0 Å². The number of hydrogen-bond donors (Lipinski definition) is 0. The first-order chi connectivity index (χ1) is 10.2. The number of esters is 1. The fraction of sp³-hybridized carbons (Fsp3) is 0.765. The summed E-state index contributed by atoms with van der Waals surface area (Å²) in [6.45, 7) is 4.79. The molecule has 0 aromatic carbocycles. The average molecular weight is 439 g/mol. The molecule has 0 unspecified atom stereocenters. The van der Waals surface area contributed by atoms with E-state index in [2.05, 4.69) is 13.3 Å². The number of ether oxygens (including phenoxy) is 1. The first kappa shape index (κ1) is 24.9. The van der Waals surface area contributed by atoms with E-state index in [9.17, 15) is 4.79 Å². The summed E-state index contributed by atoms with van der Waals surface area (Å²) >= 11 is -0.346. The zero-order chi connectivity index (χ0) is 15.8. The van der Waals surface area contributed by atoms with E-state index in [1.807, 2.05) is 0 Å². The van der Waals surface area contributed by atoms with E-state index in [1.54, 1.807) is 0 Å². The van der Waals surface area contributed by atoms with Crippen LogP contribution in [0.2, 0.25) is 0 Å². The molecule has 0 bridgehead atoms. The minimum absolute atomic E-state index is 0. The molecule has 0 saturated carbocycles. The van der Waals surface area contributed by atoms with Gasteiger partial charge in [0, 0.05) is 6.42 Å². The predicted octanol–water partition coefficient (Wildman–Crippen LogP) is 6.32. The van der Waals surface area contributed by atoms with Crippen LogP contribution in [-0.4, -0.2) is 12.6 Å². The quantitative estimate of drug-likeness (QED) is 0.251. The van der Waals surface area contributed by atoms with Crippen molar-refractivity contribution in [2.24, 2.45) is 5.92 Å². The van der Waals surface area contributed by atoms with E-state index in [4.69, 9.17) is 24.1 Å². The zero-order valence-electron chi connectivity index (χ0n) is 13.8. The standard InChI is InChI=1S/C16H28O2.CH3.2ClH.Ru/c1-15-11-7-4-2-3-5-10-14-18-16(17)13-9-6-8-12-15;;;;/h12,15H,1-11,13-14H2;1H3;2*1H;/q-2;-1;;;+2/p-2/t15-;;;;/m0..../s1. The summed E-state index contributed by atoms with van der Waals surface area (Å²) < 4.78 is 5.20. The number of halogens is 2. The first-order valence-corrected chi connectivity index (χ1v) is 12.4. The number of carbonyl (C=O) groups excluding carboxylic acids is 1. The summed E-state index contributed by atoms with van der Waals surface area (Å²) in [5.74, 6) is 0.470. The van der Waals surface area contributed by atoms with Gasteiger partial charge in [-0.3, -0.25) is 4.79 Å². The summed E-state index contributed by atoms with van der Waals surface area (Å²) in [5, 5.41) is 0. The molecular weight excluding hydrogens is 408 g/mol.